The summed E-state index contributed by atoms with van der Waals surface area (Å²) < 4.78 is 11.8. The van der Waals surface area contributed by atoms with Crippen molar-refractivity contribution in [3.8, 4) is 0 Å². The molecule has 170 valence electrons. The van der Waals surface area contributed by atoms with Crippen molar-refractivity contribution in [3.63, 3.8) is 0 Å². The van der Waals surface area contributed by atoms with Gasteiger partial charge in [-0.3, -0.25) is 4.99 Å². The molecular formula is C28H30NO3P. The maximum absolute atomic E-state index is 13.5. The molecule has 33 heavy (non-hydrogen) atoms. The zero-order valence-corrected chi connectivity index (χ0v) is 20.0. The Kier molecular flexibility index (Phi) is 8.04. The van der Waals surface area contributed by atoms with E-state index in [1.807, 2.05) is 91.0 Å². The number of carbonyl (C=O) groups is 1. The van der Waals surface area contributed by atoms with Gasteiger partial charge in [0.2, 0.25) is 0 Å². The summed E-state index contributed by atoms with van der Waals surface area (Å²) in [6.07, 6.45) is 1.89. The fourth-order valence-electron chi connectivity index (χ4n) is 4.13. The third-order valence-electron chi connectivity index (χ3n) is 5.57. The first-order chi connectivity index (χ1) is 16.1. The first-order valence-corrected chi connectivity index (χ1v) is 13.2. The summed E-state index contributed by atoms with van der Waals surface area (Å²) in [6.45, 7) is 4.41. The Morgan fingerprint density at radius 1 is 0.879 bits per heavy atom. The molecule has 0 aromatic heterocycles. The average molecular weight is 460 g/mol. The van der Waals surface area contributed by atoms with Gasteiger partial charge in [-0.2, -0.15) is 0 Å². The number of carbonyl (C=O) groups excluding carboxylic acids is 1. The van der Waals surface area contributed by atoms with Gasteiger partial charge in [-0.25, -0.2) is 4.79 Å². The third kappa shape index (κ3) is 6.37. The summed E-state index contributed by atoms with van der Waals surface area (Å²) in [6, 6.07) is 29.9. The number of nitrogens with zero attached hydrogens (tertiary/aromatic N) is 1. The Bertz CT molecular complexity index is 1000. The van der Waals surface area contributed by atoms with E-state index in [2.05, 4.69) is 13.8 Å². The van der Waals surface area contributed by atoms with Crippen molar-refractivity contribution in [2.45, 2.75) is 38.4 Å². The van der Waals surface area contributed by atoms with Crippen LogP contribution in [-0.2, 0) is 20.9 Å². The summed E-state index contributed by atoms with van der Waals surface area (Å²) >= 11 is 0. The number of hydrogen-bond donors (Lipinski definition) is 0. The molecule has 4 rings (SSSR count). The van der Waals surface area contributed by atoms with Crippen LogP contribution in [0.4, 0.5) is 0 Å². The van der Waals surface area contributed by atoms with Crippen LogP contribution in [0.1, 0.15) is 30.5 Å². The van der Waals surface area contributed by atoms with Gasteiger partial charge in [0.15, 0.2) is 5.78 Å². The molecule has 1 heterocycles. The van der Waals surface area contributed by atoms with Crippen LogP contribution in [0.5, 0.6) is 0 Å². The van der Waals surface area contributed by atoms with Crippen LogP contribution in [-0.4, -0.2) is 42.0 Å². The average Bonchev–Trinajstić information content (AvgIpc) is 2.84. The van der Waals surface area contributed by atoms with E-state index < -0.39 is 13.7 Å². The summed E-state index contributed by atoms with van der Waals surface area (Å²) in [7, 11) is -0.734. The number of aliphatic imine (C=N–C) groups is 1. The van der Waals surface area contributed by atoms with Crippen molar-refractivity contribution in [1.82, 2.24) is 0 Å². The van der Waals surface area contributed by atoms with Gasteiger partial charge in [0.05, 0.1) is 17.9 Å². The van der Waals surface area contributed by atoms with Gasteiger partial charge in [-0.05, 0) is 31.7 Å². The molecule has 0 N–H and O–H groups in total. The summed E-state index contributed by atoms with van der Waals surface area (Å²) in [5.74, 6) is -0.788. The lowest BCUT2D eigenvalue weighted by Crippen LogP contribution is -2.35. The predicted octanol–water partition coefficient (Wildman–Crippen LogP) is 5.88. The number of ether oxygens (including phenoxy) is 2. The van der Waals surface area contributed by atoms with E-state index in [-0.39, 0.29) is 24.8 Å². The first-order valence-electron chi connectivity index (χ1n) is 11.4. The van der Waals surface area contributed by atoms with Crippen molar-refractivity contribution in [3.05, 3.63) is 108 Å². The van der Waals surface area contributed by atoms with Gasteiger partial charge in [-0.1, -0.05) is 98.9 Å². The third-order valence-corrected chi connectivity index (χ3v) is 8.56. The molecule has 2 unspecified atom stereocenters. The normalized spacial score (nSPS) is 21.1. The largest absolute Gasteiger partial charge is 0.459 e. The van der Waals surface area contributed by atoms with Gasteiger partial charge in [0, 0.05) is 11.1 Å². The van der Waals surface area contributed by atoms with E-state index in [4.69, 9.17) is 14.5 Å². The van der Waals surface area contributed by atoms with Crippen LogP contribution < -0.4 is 0 Å². The van der Waals surface area contributed by atoms with E-state index in [1.165, 1.54) is 0 Å². The molecule has 1 aliphatic heterocycles. The lowest BCUT2D eigenvalue weighted by atomic mass is 10.0. The second-order valence-electron chi connectivity index (χ2n) is 8.39. The maximum Gasteiger partial charge on any atom is 0.335 e. The molecular weight excluding hydrogens is 429 g/mol. The summed E-state index contributed by atoms with van der Waals surface area (Å²) in [5.41, 5.74) is 3.79. The molecule has 0 radical (unpaired) electrons. The van der Waals surface area contributed by atoms with E-state index >= 15 is 0 Å². The van der Waals surface area contributed by atoms with Gasteiger partial charge in [0.1, 0.15) is 6.61 Å². The minimum absolute atomic E-state index is 0.108. The van der Waals surface area contributed by atoms with E-state index in [0.29, 0.717) is 0 Å². The van der Waals surface area contributed by atoms with Crippen molar-refractivity contribution in [1.29, 1.82) is 0 Å². The van der Waals surface area contributed by atoms with Crippen LogP contribution in [0.3, 0.4) is 0 Å². The van der Waals surface area contributed by atoms with Crippen LogP contribution in [0, 0.1) is 0 Å². The van der Waals surface area contributed by atoms with Crippen LogP contribution in [0.2, 0.25) is 0 Å². The van der Waals surface area contributed by atoms with Crippen molar-refractivity contribution in [2.75, 3.05) is 12.3 Å². The Hall–Kier alpha value is -2.81. The lowest BCUT2D eigenvalue weighted by Gasteiger charge is -2.35. The minimum Gasteiger partial charge on any atom is -0.459 e. The summed E-state index contributed by atoms with van der Waals surface area (Å²) in [4.78, 5) is 18.6. The Morgan fingerprint density at radius 3 is 1.88 bits per heavy atom. The van der Waals surface area contributed by atoms with E-state index in [0.717, 1.165) is 34.7 Å². The molecule has 0 saturated carbocycles. The second-order valence-corrected chi connectivity index (χ2v) is 10.8. The van der Waals surface area contributed by atoms with Gasteiger partial charge < -0.3 is 9.47 Å². The quantitative estimate of drug-likeness (QED) is 0.252. The molecule has 0 aliphatic carbocycles. The van der Waals surface area contributed by atoms with E-state index in [9.17, 15) is 4.79 Å². The Morgan fingerprint density at radius 2 is 1.36 bits per heavy atom. The highest BCUT2D eigenvalue weighted by atomic mass is 31.1. The topological polar surface area (TPSA) is 47.9 Å². The SMILES string of the molecule is C[C@@H]1CP(C(N=C(c2ccccc2)c2ccccc2)C(=O)OCc2ccccc2)C[C@H](C)O1. The number of hydrogen-bond acceptors (Lipinski definition) is 4. The molecule has 3 aromatic rings. The fourth-order valence-corrected chi connectivity index (χ4v) is 6.83. The molecule has 5 heteroatoms. The number of benzene rings is 3. The maximum atomic E-state index is 13.5. The van der Waals surface area contributed by atoms with Crippen LogP contribution >= 0.6 is 7.92 Å². The minimum atomic E-state index is -0.734. The smallest absolute Gasteiger partial charge is 0.335 e. The Labute approximate surface area is 197 Å². The van der Waals surface area contributed by atoms with Crippen LogP contribution in [0.15, 0.2) is 96.0 Å². The van der Waals surface area contributed by atoms with Crippen molar-refractivity contribution < 1.29 is 14.3 Å². The molecule has 1 fully saturated rings. The molecule has 0 bridgehead atoms. The predicted molar refractivity (Wildman–Crippen MR) is 135 cm³/mol. The zero-order chi connectivity index (χ0) is 23.0. The molecule has 3 aromatic carbocycles. The summed E-state index contributed by atoms with van der Waals surface area (Å²) in [5, 5.41) is 0. The molecule has 0 amide bonds. The Balaban J connectivity index is 1.70. The second kappa shape index (κ2) is 11.4. The molecule has 1 aliphatic rings. The molecule has 4 atom stereocenters. The number of esters is 1. The number of rotatable bonds is 7. The van der Waals surface area contributed by atoms with Crippen molar-refractivity contribution >= 4 is 19.6 Å². The van der Waals surface area contributed by atoms with Gasteiger partial charge in [0.25, 0.3) is 0 Å². The molecule has 1 saturated heterocycles. The zero-order valence-electron chi connectivity index (χ0n) is 19.1. The standard InChI is InChI=1S/C28H30NO3P/c1-21-19-33(20-22(2)32-21)27(28(30)31-18-23-12-6-3-7-13-23)29-26(24-14-8-4-9-15-24)25-16-10-5-11-17-25/h3-17,21-22,27H,18-20H2,1-2H3/t21-,22+,27?,33?. The monoisotopic (exact) mass is 459 g/mol. The molecule has 0 spiro atoms. The van der Waals surface area contributed by atoms with Gasteiger partial charge in [-0.15, -0.1) is 0 Å². The highest BCUT2D eigenvalue weighted by Gasteiger charge is 2.35. The van der Waals surface area contributed by atoms with E-state index in [1.54, 1.807) is 0 Å². The fraction of sp³-hybridized carbons (Fsp3) is 0.286. The van der Waals surface area contributed by atoms with Gasteiger partial charge >= 0.3 is 5.97 Å². The van der Waals surface area contributed by atoms with Crippen molar-refractivity contribution in [2.24, 2.45) is 4.99 Å². The first kappa shape index (κ1) is 23.4. The van der Waals surface area contributed by atoms with Crippen LogP contribution in [0.25, 0.3) is 0 Å². The highest BCUT2D eigenvalue weighted by molar-refractivity contribution is 7.59. The molecule has 4 nitrogen and oxygen atoms in total. The highest BCUT2D eigenvalue weighted by Crippen LogP contribution is 2.48. The lowest BCUT2D eigenvalue weighted by molar-refractivity contribution is -0.144.